The molecular formula is C16H25N5. The van der Waals surface area contributed by atoms with Crippen molar-refractivity contribution in [3.8, 4) is 0 Å². The second-order valence-electron chi connectivity index (χ2n) is 6.10. The number of nitrogens with zero attached hydrogens (tertiary/aromatic N) is 3. The van der Waals surface area contributed by atoms with E-state index in [1.54, 1.807) is 6.33 Å². The molecule has 1 aliphatic rings. The smallest absolute Gasteiger partial charge is 0.143 e. The van der Waals surface area contributed by atoms with Crippen molar-refractivity contribution >= 4 is 16.9 Å². The molecule has 0 saturated carbocycles. The van der Waals surface area contributed by atoms with Crippen LogP contribution in [0.1, 0.15) is 31.7 Å². The minimum atomic E-state index is 0.811. The molecule has 5 nitrogen and oxygen atoms in total. The summed E-state index contributed by atoms with van der Waals surface area (Å²) in [6, 6.07) is 0. The predicted octanol–water partition coefficient (Wildman–Crippen LogP) is 2.66. The minimum Gasteiger partial charge on any atom is -0.369 e. The highest BCUT2D eigenvalue weighted by Gasteiger charge is 2.17. The van der Waals surface area contributed by atoms with Gasteiger partial charge in [0.15, 0.2) is 0 Å². The van der Waals surface area contributed by atoms with E-state index in [1.807, 2.05) is 6.20 Å². The molecule has 3 heterocycles. The molecule has 3 rings (SSSR count). The summed E-state index contributed by atoms with van der Waals surface area (Å²) in [4.78, 5) is 14.4. The molecule has 2 aromatic rings. The third kappa shape index (κ3) is 3.18. The van der Waals surface area contributed by atoms with E-state index < -0.39 is 0 Å². The highest BCUT2D eigenvalue weighted by molar-refractivity contribution is 5.90. The van der Waals surface area contributed by atoms with Gasteiger partial charge in [-0.3, -0.25) is 0 Å². The van der Waals surface area contributed by atoms with Crippen LogP contribution in [0, 0.1) is 5.92 Å². The van der Waals surface area contributed by atoms with Crippen LogP contribution in [0.2, 0.25) is 0 Å². The third-order valence-electron chi connectivity index (χ3n) is 4.50. The van der Waals surface area contributed by atoms with Crippen molar-refractivity contribution in [3.05, 3.63) is 18.1 Å². The first-order valence-corrected chi connectivity index (χ1v) is 8.01. The van der Waals surface area contributed by atoms with E-state index in [0.717, 1.165) is 35.7 Å². The first kappa shape index (κ1) is 14.3. The second kappa shape index (κ2) is 6.43. The number of aromatic nitrogens is 3. The average molecular weight is 287 g/mol. The topological polar surface area (TPSA) is 56.8 Å². The van der Waals surface area contributed by atoms with Gasteiger partial charge in [0.2, 0.25) is 0 Å². The number of aromatic amines is 1. The monoisotopic (exact) mass is 287 g/mol. The van der Waals surface area contributed by atoms with E-state index in [-0.39, 0.29) is 0 Å². The fourth-order valence-electron chi connectivity index (χ4n) is 3.34. The van der Waals surface area contributed by atoms with Gasteiger partial charge in [-0.25, -0.2) is 9.97 Å². The molecule has 1 aliphatic heterocycles. The summed E-state index contributed by atoms with van der Waals surface area (Å²) in [5.41, 5.74) is 2.22. The molecule has 21 heavy (non-hydrogen) atoms. The maximum atomic E-state index is 4.43. The van der Waals surface area contributed by atoms with Crippen molar-refractivity contribution in [1.29, 1.82) is 0 Å². The van der Waals surface area contributed by atoms with Crippen LogP contribution in [0.25, 0.3) is 11.0 Å². The largest absolute Gasteiger partial charge is 0.369 e. The minimum absolute atomic E-state index is 0.811. The number of H-pyrrole nitrogens is 1. The number of nitrogens with one attached hydrogen (secondary N) is 2. The van der Waals surface area contributed by atoms with E-state index in [2.05, 4.69) is 39.1 Å². The van der Waals surface area contributed by atoms with Crippen molar-refractivity contribution < 1.29 is 0 Å². The lowest BCUT2D eigenvalue weighted by Gasteiger charge is -2.29. The van der Waals surface area contributed by atoms with Gasteiger partial charge in [-0.15, -0.1) is 0 Å². The Kier molecular flexibility index (Phi) is 4.39. The van der Waals surface area contributed by atoms with Crippen LogP contribution in [-0.4, -0.2) is 46.5 Å². The van der Waals surface area contributed by atoms with Crippen LogP contribution in [-0.2, 0) is 6.42 Å². The van der Waals surface area contributed by atoms with Crippen LogP contribution >= 0.6 is 0 Å². The van der Waals surface area contributed by atoms with E-state index in [0.29, 0.717) is 0 Å². The molecule has 1 unspecified atom stereocenters. The Labute approximate surface area is 126 Å². The number of rotatable bonds is 5. The fraction of sp³-hybridized carbons (Fsp3) is 0.625. The van der Waals surface area contributed by atoms with E-state index >= 15 is 0 Å². The summed E-state index contributed by atoms with van der Waals surface area (Å²) in [6.45, 7) is 5.63. The molecule has 1 atom stereocenters. The molecule has 0 aromatic carbocycles. The summed E-state index contributed by atoms with van der Waals surface area (Å²) in [6.07, 6.45) is 8.57. The summed E-state index contributed by atoms with van der Waals surface area (Å²) < 4.78 is 0. The maximum absolute atomic E-state index is 4.43. The highest BCUT2D eigenvalue weighted by Crippen LogP contribution is 2.24. The van der Waals surface area contributed by atoms with Gasteiger partial charge in [-0.1, -0.05) is 6.92 Å². The van der Waals surface area contributed by atoms with Crippen LogP contribution in [0.5, 0.6) is 0 Å². The molecule has 2 aromatic heterocycles. The van der Waals surface area contributed by atoms with Gasteiger partial charge in [-0.05, 0) is 50.8 Å². The predicted molar refractivity (Wildman–Crippen MR) is 86.6 cm³/mol. The SMILES string of the molecule is CCc1c[nH]c2ncnc(NCCC3CCCN(C)C3)c12. The number of piperidine rings is 1. The lowest BCUT2D eigenvalue weighted by Crippen LogP contribution is -2.32. The number of anilines is 1. The van der Waals surface area contributed by atoms with Gasteiger partial charge in [0.1, 0.15) is 17.8 Å². The first-order valence-electron chi connectivity index (χ1n) is 8.01. The lowest BCUT2D eigenvalue weighted by molar-refractivity contribution is 0.205. The van der Waals surface area contributed by atoms with Crippen LogP contribution in [0.4, 0.5) is 5.82 Å². The zero-order chi connectivity index (χ0) is 14.7. The van der Waals surface area contributed by atoms with Crippen LogP contribution in [0.15, 0.2) is 12.5 Å². The molecule has 0 aliphatic carbocycles. The van der Waals surface area contributed by atoms with Gasteiger partial charge >= 0.3 is 0 Å². The molecule has 114 valence electrons. The zero-order valence-electron chi connectivity index (χ0n) is 13.0. The Bertz CT molecular complexity index is 591. The fourth-order valence-corrected chi connectivity index (χ4v) is 3.34. The average Bonchev–Trinajstić information content (AvgIpc) is 2.91. The number of hydrogen-bond donors (Lipinski definition) is 2. The highest BCUT2D eigenvalue weighted by atomic mass is 15.1. The van der Waals surface area contributed by atoms with E-state index in [4.69, 9.17) is 0 Å². The van der Waals surface area contributed by atoms with Crippen LogP contribution in [0.3, 0.4) is 0 Å². The van der Waals surface area contributed by atoms with Gasteiger partial charge < -0.3 is 15.2 Å². The Morgan fingerprint density at radius 2 is 2.33 bits per heavy atom. The molecule has 0 bridgehead atoms. The normalized spacial score (nSPS) is 20.0. The molecule has 1 saturated heterocycles. The van der Waals surface area contributed by atoms with Crippen molar-refractivity contribution in [2.75, 3.05) is 32.0 Å². The Hall–Kier alpha value is -1.62. The van der Waals surface area contributed by atoms with Crippen molar-refractivity contribution in [3.63, 3.8) is 0 Å². The third-order valence-corrected chi connectivity index (χ3v) is 4.50. The van der Waals surface area contributed by atoms with Crippen molar-refractivity contribution in [2.45, 2.75) is 32.6 Å². The summed E-state index contributed by atoms with van der Waals surface area (Å²) in [7, 11) is 2.22. The molecule has 2 N–H and O–H groups in total. The Balaban J connectivity index is 1.64. The van der Waals surface area contributed by atoms with E-state index in [9.17, 15) is 0 Å². The van der Waals surface area contributed by atoms with Crippen LogP contribution < -0.4 is 5.32 Å². The van der Waals surface area contributed by atoms with Gasteiger partial charge in [0, 0.05) is 19.3 Å². The van der Waals surface area contributed by atoms with Gasteiger partial charge in [-0.2, -0.15) is 0 Å². The van der Waals surface area contributed by atoms with Gasteiger partial charge in [0.25, 0.3) is 0 Å². The van der Waals surface area contributed by atoms with Gasteiger partial charge in [0.05, 0.1) is 5.39 Å². The maximum Gasteiger partial charge on any atom is 0.143 e. The van der Waals surface area contributed by atoms with Crippen molar-refractivity contribution in [2.24, 2.45) is 5.92 Å². The number of hydrogen-bond acceptors (Lipinski definition) is 4. The molecule has 0 radical (unpaired) electrons. The zero-order valence-corrected chi connectivity index (χ0v) is 13.0. The van der Waals surface area contributed by atoms with Crippen molar-refractivity contribution in [1.82, 2.24) is 19.9 Å². The quantitative estimate of drug-likeness (QED) is 0.887. The number of fused-ring (bicyclic) bond motifs is 1. The molecule has 1 fully saturated rings. The lowest BCUT2D eigenvalue weighted by atomic mass is 9.95. The molecule has 0 amide bonds. The standard InChI is InChI=1S/C16H25N5/c1-3-13-9-18-16-14(13)15(19-11-20-16)17-7-6-12-5-4-8-21(2)10-12/h9,11-12H,3-8,10H2,1-2H3,(H2,17,18,19,20). The molecular weight excluding hydrogens is 262 g/mol. The Morgan fingerprint density at radius 3 is 3.14 bits per heavy atom. The number of aryl methyl sites for hydroxylation is 1. The summed E-state index contributed by atoms with van der Waals surface area (Å²) >= 11 is 0. The number of likely N-dealkylation sites (tertiary alicyclic amines) is 1. The Morgan fingerprint density at radius 1 is 1.43 bits per heavy atom. The second-order valence-corrected chi connectivity index (χ2v) is 6.10. The summed E-state index contributed by atoms with van der Waals surface area (Å²) in [5, 5.41) is 4.67. The molecule has 5 heteroatoms. The van der Waals surface area contributed by atoms with E-state index in [1.165, 1.54) is 37.9 Å². The summed E-state index contributed by atoms with van der Waals surface area (Å²) in [5.74, 6) is 1.78. The molecule has 0 spiro atoms. The first-order chi connectivity index (χ1) is 10.3.